The lowest BCUT2D eigenvalue weighted by molar-refractivity contribution is -0.200. The lowest BCUT2D eigenvalue weighted by atomic mass is 10.1. The molecule has 0 bridgehead atoms. The first-order valence-electron chi connectivity index (χ1n) is 20.8. The minimum atomic E-state index is -1.29. The predicted octanol–water partition coefficient (Wildman–Crippen LogP) is 8.15. The highest BCUT2D eigenvalue weighted by Crippen LogP contribution is 2.30. The van der Waals surface area contributed by atoms with Crippen LogP contribution in [0.1, 0.15) is 168 Å². The van der Waals surface area contributed by atoms with Crippen LogP contribution in [-0.4, -0.2) is 106 Å². The smallest absolute Gasteiger partial charge is 0.308 e. The molecule has 0 saturated carbocycles. The maximum Gasteiger partial charge on any atom is 0.308 e. The molecule has 1 aliphatic heterocycles. The molecule has 1 fully saturated rings. The fourth-order valence-corrected chi connectivity index (χ4v) is 6.28. The summed E-state index contributed by atoms with van der Waals surface area (Å²) in [6, 6.07) is 0. The molecule has 4 atom stereocenters. The zero-order valence-corrected chi connectivity index (χ0v) is 34.0. The van der Waals surface area contributed by atoms with Gasteiger partial charge in [-0.3, -0.25) is 19.2 Å². The van der Waals surface area contributed by atoms with Gasteiger partial charge in [0.05, 0.1) is 0 Å². The van der Waals surface area contributed by atoms with Gasteiger partial charge >= 0.3 is 23.9 Å². The summed E-state index contributed by atoms with van der Waals surface area (Å²) >= 11 is 0. The van der Waals surface area contributed by atoms with E-state index in [4.69, 9.17) is 23.7 Å². The summed E-state index contributed by atoms with van der Waals surface area (Å²) in [5, 5.41) is 0. The van der Waals surface area contributed by atoms with Crippen molar-refractivity contribution in [2.45, 2.75) is 193 Å². The highest BCUT2D eigenvalue weighted by molar-refractivity contribution is 5.72. The van der Waals surface area contributed by atoms with Gasteiger partial charge in [-0.2, -0.15) is 0 Å². The van der Waals surface area contributed by atoms with Gasteiger partial charge in [-0.05, 0) is 67.0 Å². The normalized spacial score (nSPS) is 18.5. The van der Waals surface area contributed by atoms with E-state index in [-0.39, 0.29) is 32.3 Å². The second-order valence-electron chi connectivity index (χ2n) is 15.1. The number of carbonyl (C=O) groups excluding carboxylic acids is 4. The van der Waals surface area contributed by atoms with Crippen LogP contribution in [0.4, 0.5) is 0 Å². The summed E-state index contributed by atoms with van der Waals surface area (Å²) in [5.41, 5.74) is 0. The Hall–Kier alpha value is -2.24. The van der Waals surface area contributed by atoms with Crippen LogP contribution in [0.3, 0.4) is 0 Å². The van der Waals surface area contributed by atoms with Gasteiger partial charge in [0, 0.05) is 25.7 Å². The molecule has 0 N–H and O–H groups in total. The second kappa shape index (κ2) is 31.1. The SMILES string of the molecule is CCCCCCCCCCCC(=O)OC1[C@H](OC(=O)CCCN(C)C)O[C@H](COC(=O)CCCN(C)C)[C@@H]1OC(=O)CCCCCCCCCCC. The quantitative estimate of drug-likeness (QED) is 0.0368. The molecule has 11 heteroatoms. The molecule has 1 heterocycles. The van der Waals surface area contributed by atoms with Gasteiger partial charge in [0.15, 0.2) is 6.10 Å². The van der Waals surface area contributed by atoms with Crippen molar-refractivity contribution < 1.29 is 42.9 Å². The number of carbonyl (C=O) groups is 4. The Kier molecular flexibility index (Phi) is 28.6. The number of hydrogen-bond donors (Lipinski definition) is 0. The molecule has 304 valence electrons. The van der Waals surface area contributed by atoms with Crippen LogP contribution in [0.25, 0.3) is 0 Å². The number of rotatable bonds is 33. The highest BCUT2D eigenvalue weighted by atomic mass is 16.8. The Bertz CT molecular complexity index is 945. The zero-order valence-electron chi connectivity index (χ0n) is 34.0. The maximum absolute atomic E-state index is 13.2. The topological polar surface area (TPSA) is 121 Å². The van der Waals surface area contributed by atoms with Crippen LogP contribution in [-0.2, 0) is 42.9 Å². The molecule has 0 aromatic heterocycles. The average molecular weight is 741 g/mol. The van der Waals surface area contributed by atoms with Crippen molar-refractivity contribution in [2.75, 3.05) is 47.9 Å². The first kappa shape index (κ1) is 47.8. The van der Waals surface area contributed by atoms with Crippen LogP contribution in [0.15, 0.2) is 0 Å². The van der Waals surface area contributed by atoms with Crippen molar-refractivity contribution in [2.24, 2.45) is 0 Å². The standard InChI is InChI=1S/C41H76N2O9/c1-7-9-11-13-15-17-19-21-23-27-36(45)50-39-34(33-48-35(44)29-25-31-42(3)4)49-41(52-38(47)30-26-32-43(5)6)40(39)51-37(46)28-24-22-20-18-16-14-12-10-8-2/h34,39-41H,7-33H2,1-6H3/t34-,39+,40?,41+/m1/s1. The van der Waals surface area contributed by atoms with E-state index in [1.807, 2.05) is 38.0 Å². The minimum absolute atomic E-state index is 0.145. The lowest BCUT2D eigenvalue weighted by Crippen LogP contribution is -2.42. The van der Waals surface area contributed by atoms with Crippen molar-refractivity contribution in [1.29, 1.82) is 0 Å². The van der Waals surface area contributed by atoms with Gasteiger partial charge in [0.1, 0.15) is 12.7 Å². The van der Waals surface area contributed by atoms with E-state index in [1.165, 1.54) is 64.2 Å². The number of nitrogens with zero attached hydrogens (tertiary/aromatic N) is 2. The molecule has 11 nitrogen and oxygen atoms in total. The molecule has 0 aromatic rings. The fourth-order valence-electron chi connectivity index (χ4n) is 6.28. The molecule has 1 aliphatic rings. The third-order valence-corrected chi connectivity index (χ3v) is 9.40. The molecule has 0 radical (unpaired) electrons. The molecule has 0 aliphatic carbocycles. The molecule has 52 heavy (non-hydrogen) atoms. The van der Waals surface area contributed by atoms with Gasteiger partial charge < -0.3 is 33.5 Å². The van der Waals surface area contributed by atoms with E-state index in [1.54, 1.807) is 0 Å². The van der Waals surface area contributed by atoms with Gasteiger partial charge in [-0.25, -0.2) is 0 Å². The Morgan fingerprint density at radius 1 is 0.462 bits per heavy atom. The molecular formula is C41H76N2O9. The van der Waals surface area contributed by atoms with Crippen LogP contribution in [0.5, 0.6) is 0 Å². The summed E-state index contributed by atoms with van der Waals surface area (Å²) in [5.74, 6) is -1.83. The number of unbranched alkanes of at least 4 members (excludes halogenated alkanes) is 16. The van der Waals surface area contributed by atoms with Gasteiger partial charge in [-0.15, -0.1) is 0 Å². The van der Waals surface area contributed by atoms with E-state index in [9.17, 15) is 19.2 Å². The van der Waals surface area contributed by atoms with Gasteiger partial charge in [-0.1, -0.05) is 117 Å². The number of esters is 4. The van der Waals surface area contributed by atoms with Gasteiger partial charge in [0.25, 0.3) is 0 Å². The van der Waals surface area contributed by atoms with E-state index in [2.05, 4.69) is 13.8 Å². The van der Waals surface area contributed by atoms with Crippen molar-refractivity contribution in [1.82, 2.24) is 9.80 Å². The fraction of sp³-hybridized carbons (Fsp3) is 0.902. The van der Waals surface area contributed by atoms with E-state index in [0.29, 0.717) is 32.2 Å². The van der Waals surface area contributed by atoms with Crippen LogP contribution in [0.2, 0.25) is 0 Å². The van der Waals surface area contributed by atoms with Crippen molar-refractivity contribution in [3.8, 4) is 0 Å². The first-order chi connectivity index (χ1) is 25.1. The Labute approximate surface area is 316 Å². The lowest BCUT2D eigenvalue weighted by Gasteiger charge is -2.24. The number of ether oxygens (including phenoxy) is 5. The summed E-state index contributed by atoms with van der Waals surface area (Å²) in [7, 11) is 7.72. The van der Waals surface area contributed by atoms with Crippen molar-refractivity contribution >= 4 is 23.9 Å². The zero-order chi connectivity index (χ0) is 38.4. The molecular weight excluding hydrogens is 664 g/mol. The largest absolute Gasteiger partial charge is 0.463 e. The monoisotopic (exact) mass is 741 g/mol. The average Bonchev–Trinajstić information content (AvgIpc) is 3.39. The van der Waals surface area contributed by atoms with Crippen LogP contribution < -0.4 is 0 Å². The Morgan fingerprint density at radius 3 is 1.27 bits per heavy atom. The summed E-state index contributed by atoms with van der Waals surface area (Å²) < 4.78 is 29.2. The third-order valence-electron chi connectivity index (χ3n) is 9.40. The molecule has 1 rings (SSSR count). The third kappa shape index (κ3) is 24.9. The molecule has 0 amide bonds. The van der Waals surface area contributed by atoms with E-state index < -0.39 is 48.5 Å². The minimum Gasteiger partial charge on any atom is -0.463 e. The second-order valence-corrected chi connectivity index (χ2v) is 15.1. The Morgan fingerprint density at radius 2 is 0.827 bits per heavy atom. The molecule has 1 unspecified atom stereocenters. The first-order valence-corrected chi connectivity index (χ1v) is 20.8. The van der Waals surface area contributed by atoms with Crippen molar-refractivity contribution in [3.63, 3.8) is 0 Å². The Balaban J connectivity index is 2.92. The molecule has 0 spiro atoms. The summed E-state index contributed by atoms with van der Waals surface area (Å²) in [4.78, 5) is 55.8. The maximum atomic E-state index is 13.2. The summed E-state index contributed by atoms with van der Waals surface area (Å²) in [6.45, 7) is 5.63. The summed E-state index contributed by atoms with van der Waals surface area (Å²) in [6.07, 6.45) is 17.5. The highest BCUT2D eigenvalue weighted by Gasteiger charge is 2.52. The molecule has 0 aromatic carbocycles. The molecule has 1 saturated heterocycles. The van der Waals surface area contributed by atoms with Gasteiger partial charge in [0.2, 0.25) is 12.4 Å². The van der Waals surface area contributed by atoms with E-state index in [0.717, 1.165) is 45.1 Å². The van der Waals surface area contributed by atoms with Crippen LogP contribution >= 0.6 is 0 Å². The van der Waals surface area contributed by atoms with E-state index >= 15 is 0 Å². The van der Waals surface area contributed by atoms with Crippen molar-refractivity contribution in [3.05, 3.63) is 0 Å². The predicted molar refractivity (Wildman–Crippen MR) is 205 cm³/mol. The van der Waals surface area contributed by atoms with Crippen LogP contribution in [0, 0.1) is 0 Å². The number of hydrogen-bond acceptors (Lipinski definition) is 11.